The van der Waals surface area contributed by atoms with E-state index in [1.165, 1.54) is 5.56 Å². The Morgan fingerprint density at radius 2 is 1.77 bits per heavy atom. The van der Waals surface area contributed by atoms with Gasteiger partial charge in [0.1, 0.15) is 17.6 Å². The Kier molecular flexibility index (Phi) is 3.97. The summed E-state index contributed by atoms with van der Waals surface area (Å²) in [5, 5.41) is 9.54. The maximum atomic E-state index is 9.54. The molecule has 1 heterocycles. The maximum absolute atomic E-state index is 9.54. The number of methoxy groups -OCH3 is 2. The van der Waals surface area contributed by atoms with Crippen LogP contribution in [0, 0.1) is 11.3 Å². The summed E-state index contributed by atoms with van der Waals surface area (Å²) in [4.78, 5) is 4.79. The Hall–Kier alpha value is -2.54. The highest BCUT2D eigenvalue weighted by Gasteiger charge is 2.21. The minimum atomic E-state index is 0.573. The molecule has 0 fully saturated rings. The third-order valence-electron chi connectivity index (χ3n) is 4.09. The van der Waals surface area contributed by atoms with Gasteiger partial charge in [-0.2, -0.15) is 5.26 Å². The first kappa shape index (κ1) is 14.4. The Morgan fingerprint density at radius 1 is 1.09 bits per heavy atom. The highest BCUT2D eigenvalue weighted by molar-refractivity contribution is 5.78. The third-order valence-corrected chi connectivity index (χ3v) is 4.09. The molecule has 0 aliphatic heterocycles. The summed E-state index contributed by atoms with van der Waals surface area (Å²) >= 11 is 0. The first-order valence-corrected chi connectivity index (χ1v) is 7.42. The van der Waals surface area contributed by atoms with Crippen LogP contribution in [0.5, 0.6) is 11.5 Å². The molecular formula is C18H18N2O2. The molecule has 0 saturated carbocycles. The van der Waals surface area contributed by atoms with Gasteiger partial charge in [-0.1, -0.05) is 6.07 Å². The zero-order chi connectivity index (χ0) is 15.5. The lowest BCUT2D eigenvalue weighted by Crippen LogP contribution is -2.08. The third kappa shape index (κ3) is 2.39. The molecule has 22 heavy (non-hydrogen) atoms. The molecule has 1 aromatic heterocycles. The number of nitrogens with zero attached hydrogens (tertiary/aromatic N) is 2. The molecule has 2 aromatic rings. The smallest absolute Gasteiger partial charge is 0.132 e. The molecule has 0 radical (unpaired) electrons. The van der Waals surface area contributed by atoms with Crippen molar-refractivity contribution in [2.75, 3.05) is 14.2 Å². The molecule has 0 amide bonds. The number of ether oxygens (including phenoxy) is 2. The monoisotopic (exact) mass is 294 g/mol. The van der Waals surface area contributed by atoms with Crippen molar-refractivity contribution in [2.45, 2.75) is 25.7 Å². The van der Waals surface area contributed by atoms with E-state index in [4.69, 9.17) is 14.5 Å². The number of aromatic nitrogens is 1. The standard InChI is InChI=1S/C18H18N2O2/c1-21-15-8-5-9-16(22-2)17(15)18-13(11-19)10-12-6-3-4-7-14(12)20-18/h5,8-10H,3-4,6-7H2,1-2H3. The first-order valence-electron chi connectivity index (χ1n) is 7.42. The Balaban J connectivity index is 2.26. The molecule has 0 N–H and O–H groups in total. The molecule has 1 aromatic carbocycles. The summed E-state index contributed by atoms with van der Waals surface area (Å²) < 4.78 is 10.9. The fourth-order valence-electron chi connectivity index (χ4n) is 2.99. The second-order valence-electron chi connectivity index (χ2n) is 5.35. The highest BCUT2D eigenvalue weighted by atomic mass is 16.5. The molecule has 1 aliphatic rings. The molecule has 4 nitrogen and oxygen atoms in total. The summed E-state index contributed by atoms with van der Waals surface area (Å²) in [5.74, 6) is 1.33. The van der Waals surface area contributed by atoms with E-state index >= 15 is 0 Å². The fraction of sp³-hybridized carbons (Fsp3) is 0.333. The topological polar surface area (TPSA) is 55.1 Å². The zero-order valence-electron chi connectivity index (χ0n) is 12.8. The lowest BCUT2D eigenvalue weighted by atomic mass is 9.92. The van der Waals surface area contributed by atoms with Gasteiger partial charge < -0.3 is 9.47 Å². The SMILES string of the molecule is COc1cccc(OC)c1-c1nc2c(cc1C#N)CCCC2. The van der Waals surface area contributed by atoms with Crippen molar-refractivity contribution in [3.05, 3.63) is 41.1 Å². The summed E-state index contributed by atoms with van der Waals surface area (Å²) in [5.41, 5.74) is 4.26. The van der Waals surface area contributed by atoms with Crippen molar-refractivity contribution in [3.63, 3.8) is 0 Å². The molecule has 1 aliphatic carbocycles. The van der Waals surface area contributed by atoms with E-state index < -0.39 is 0 Å². The van der Waals surface area contributed by atoms with Gasteiger partial charge in [0.15, 0.2) is 0 Å². The highest BCUT2D eigenvalue weighted by Crippen LogP contribution is 2.39. The van der Waals surface area contributed by atoms with Gasteiger partial charge in [-0.15, -0.1) is 0 Å². The van der Waals surface area contributed by atoms with Gasteiger partial charge in [-0.25, -0.2) is 0 Å². The van der Waals surface area contributed by atoms with E-state index in [-0.39, 0.29) is 0 Å². The number of fused-ring (bicyclic) bond motifs is 1. The summed E-state index contributed by atoms with van der Waals surface area (Å²) in [6, 6.07) is 9.84. The number of rotatable bonds is 3. The zero-order valence-corrected chi connectivity index (χ0v) is 12.8. The van der Waals surface area contributed by atoms with Gasteiger partial charge >= 0.3 is 0 Å². The molecular weight excluding hydrogens is 276 g/mol. The number of aryl methyl sites for hydroxylation is 2. The Bertz CT molecular complexity index is 725. The Labute approximate surface area is 130 Å². The van der Waals surface area contributed by atoms with Crippen LogP contribution in [-0.4, -0.2) is 19.2 Å². The molecule has 0 unspecified atom stereocenters. The summed E-state index contributed by atoms with van der Waals surface area (Å²) in [6.07, 6.45) is 4.27. The molecule has 0 saturated heterocycles. The Morgan fingerprint density at radius 3 is 2.41 bits per heavy atom. The van der Waals surface area contributed by atoms with E-state index in [2.05, 4.69) is 6.07 Å². The van der Waals surface area contributed by atoms with Crippen molar-refractivity contribution in [1.29, 1.82) is 5.26 Å². The molecule has 0 spiro atoms. The quantitative estimate of drug-likeness (QED) is 0.869. The van der Waals surface area contributed by atoms with Crippen LogP contribution < -0.4 is 9.47 Å². The lowest BCUT2D eigenvalue weighted by molar-refractivity contribution is 0.397. The van der Waals surface area contributed by atoms with Crippen molar-refractivity contribution < 1.29 is 9.47 Å². The summed E-state index contributed by atoms with van der Waals surface area (Å²) in [7, 11) is 3.23. The van der Waals surface area contributed by atoms with E-state index in [0.717, 1.165) is 36.9 Å². The van der Waals surface area contributed by atoms with E-state index in [1.807, 2.05) is 24.3 Å². The van der Waals surface area contributed by atoms with Crippen LogP contribution in [0.15, 0.2) is 24.3 Å². The van der Waals surface area contributed by atoms with Crippen molar-refractivity contribution in [3.8, 4) is 28.8 Å². The minimum absolute atomic E-state index is 0.573. The predicted octanol–water partition coefficient (Wildman–Crippen LogP) is 3.52. The number of pyridine rings is 1. The van der Waals surface area contributed by atoms with Gasteiger partial charge in [0.2, 0.25) is 0 Å². The minimum Gasteiger partial charge on any atom is -0.496 e. The van der Waals surface area contributed by atoms with Crippen molar-refractivity contribution in [2.24, 2.45) is 0 Å². The van der Waals surface area contributed by atoms with Gasteiger partial charge in [-0.05, 0) is 49.4 Å². The van der Waals surface area contributed by atoms with E-state index in [1.54, 1.807) is 14.2 Å². The molecule has 3 rings (SSSR count). The second kappa shape index (κ2) is 6.07. The predicted molar refractivity (Wildman–Crippen MR) is 84.1 cm³/mol. The van der Waals surface area contributed by atoms with Crippen molar-refractivity contribution in [1.82, 2.24) is 4.98 Å². The van der Waals surface area contributed by atoms with Crippen LogP contribution in [0.2, 0.25) is 0 Å². The average molecular weight is 294 g/mol. The molecule has 0 atom stereocenters. The molecule has 0 bridgehead atoms. The number of hydrogen-bond donors (Lipinski definition) is 0. The van der Waals surface area contributed by atoms with Gasteiger partial charge in [-0.3, -0.25) is 4.98 Å². The van der Waals surface area contributed by atoms with Crippen LogP contribution in [0.4, 0.5) is 0 Å². The van der Waals surface area contributed by atoms with Crippen LogP contribution in [0.3, 0.4) is 0 Å². The van der Waals surface area contributed by atoms with Crippen LogP contribution in [0.1, 0.15) is 29.7 Å². The van der Waals surface area contributed by atoms with E-state index in [9.17, 15) is 5.26 Å². The average Bonchev–Trinajstić information content (AvgIpc) is 2.59. The van der Waals surface area contributed by atoms with Gasteiger partial charge in [0.05, 0.1) is 31.0 Å². The normalized spacial score (nSPS) is 13.1. The first-order chi connectivity index (χ1) is 10.8. The van der Waals surface area contributed by atoms with Gasteiger partial charge in [0, 0.05) is 5.69 Å². The fourth-order valence-corrected chi connectivity index (χ4v) is 2.99. The van der Waals surface area contributed by atoms with Crippen LogP contribution >= 0.6 is 0 Å². The number of nitriles is 1. The second-order valence-corrected chi connectivity index (χ2v) is 5.35. The van der Waals surface area contributed by atoms with E-state index in [0.29, 0.717) is 22.8 Å². The molecule has 112 valence electrons. The lowest BCUT2D eigenvalue weighted by Gasteiger charge is -2.19. The molecule has 4 heteroatoms. The maximum Gasteiger partial charge on any atom is 0.132 e. The number of benzene rings is 1. The largest absolute Gasteiger partial charge is 0.496 e. The van der Waals surface area contributed by atoms with Crippen LogP contribution in [0.25, 0.3) is 11.3 Å². The van der Waals surface area contributed by atoms with Crippen LogP contribution in [-0.2, 0) is 12.8 Å². The number of hydrogen-bond acceptors (Lipinski definition) is 4. The van der Waals surface area contributed by atoms with Gasteiger partial charge in [0.25, 0.3) is 0 Å². The summed E-state index contributed by atoms with van der Waals surface area (Å²) in [6.45, 7) is 0. The van der Waals surface area contributed by atoms with Crippen molar-refractivity contribution >= 4 is 0 Å².